The topological polar surface area (TPSA) is 110 Å². The number of nitrogens with zero attached hydrogens (tertiary/aromatic N) is 4. The Morgan fingerprint density at radius 2 is 1.74 bits per heavy atom. The number of aliphatic imine (C=N–C) groups is 1. The number of hydrogen-bond acceptors (Lipinski definition) is 6. The quantitative estimate of drug-likeness (QED) is 0.152. The summed E-state index contributed by atoms with van der Waals surface area (Å²) in [4.78, 5) is 17.6. The first-order valence-corrected chi connectivity index (χ1v) is 13.3. The Labute approximate surface area is 243 Å². The number of benzene rings is 2. The highest BCUT2D eigenvalue weighted by molar-refractivity contribution is 5.99. The molecule has 0 aliphatic heterocycles. The van der Waals surface area contributed by atoms with E-state index in [-0.39, 0.29) is 42.9 Å². The Morgan fingerprint density at radius 1 is 1.09 bits per heavy atom. The van der Waals surface area contributed by atoms with E-state index in [0.29, 0.717) is 17.7 Å². The van der Waals surface area contributed by atoms with E-state index in [1.165, 1.54) is 29.9 Å². The molecule has 232 valence electrons. The lowest BCUT2D eigenvalue weighted by atomic mass is 9.78. The second-order valence-corrected chi connectivity index (χ2v) is 10.6. The predicted molar refractivity (Wildman–Crippen MR) is 143 cm³/mol. The number of halogens is 6. The number of carbonyl (C=O) groups is 1. The van der Waals surface area contributed by atoms with Gasteiger partial charge in [0.05, 0.1) is 11.3 Å². The molecule has 15 heteroatoms. The van der Waals surface area contributed by atoms with Crippen LogP contribution in [-0.2, 0) is 6.18 Å². The molecule has 3 aromatic rings. The first kappa shape index (κ1) is 31.8. The lowest BCUT2D eigenvalue weighted by Gasteiger charge is -2.44. The maximum atomic E-state index is 13.8. The third-order valence-electron chi connectivity index (χ3n) is 7.67. The number of rotatable bonds is 7. The number of amides is 2. The van der Waals surface area contributed by atoms with Crippen molar-refractivity contribution >= 4 is 29.2 Å². The molecule has 1 aliphatic carbocycles. The van der Waals surface area contributed by atoms with Gasteiger partial charge in [-0.15, -0.1) is 0 Å². The van der Waals surface area contributed by atoms with Gasteiger partial charge >= 0.3 is 24.3 Å². The predicted octanol–water partition coefficient (Wildman–Crippen LogP) is 5.80. The fourth-order valence-electron chi connectivity index (χ4n) is 5.11. The smallest absolute Gasteiger partial charge is 0.416 e. The van der Waals surface area contributed by atoms with E-state index in [9.17, 15) is 36.2 Å². The number of carbonyl (C=O) groups excluding carboxylic acids is 1. The van der Waals surface area contributed by atoms with Crippen LogP contribution in [0.2, 0.25) is 0 Å². The van der Waals surface area contributed by atoms with Crippen LogP contribution in [0, 0.1) is 0 Å². The maximum absolute atomic E-state index is 13.8. The van der Waals surface area contributed by atoms with Crippen molar-refractivity contribution in [2.24, 2.45) is 4.99 Å². The minimum absolute atomic E-state index is 0.151. The molecule has 4 rings (SSSR count). The zero-order chi connectivity index (χ0) is 31.6. The average Bonchev–Trinajstić information content (AvgIpc) is 3.40. The van der Waals surface area contributed by atoms with Crippen molar-refractivity contribution < 1.29 is 45.4 Å². The van der Waals surface area contributed by atoms with Crippen molar-refractivity contribution in [1.29, 1.82) is 0 Å². The average molecular weight is 613 g/mol. The van der Waals surface area contributed by atoms with E-state index in [0.717, 1.165) is 6.07 Å². The fraction of sp³-hybridized carbons (Fsp3) is 0.429. The summed E-state index contributed by atoms with van der Waals surface area (Å²) in [5.74, 6) is -1.57. The summed E-state index contributed by atoms with van der Waals surface area (Å²) in [6.07, 6.45) is -7.93. The van der Waals surface area contributed by atoms with Gasteiger partial charge in [-0.3, -0.25) is 19.7 Å². The van der Waals surface area contributed by atoms with Crippen LogP contribution in [0.15, 0.2) is 64.2 Å². The van der Waals surface area contributed by atoms with Crippen molar-refractivity contribution in [2.75, 3.05) is 24.7 Å². The van der Waals surface area contributed by atoms with Crippen molar-refractivity contribution in [3.8, 4) is 0 Å². The van der Waals surface area contributed by atoms with Crippen LogP contribution in [0.1, 0.15) is 55.7 Å². The van der Waals surface area contributed by atoms with E-state index in [4.69, 9.17) is 4.52 Å². The van der Waals surface area contributed by atoms with Crippen LogP contribution in [0.3, 0.4) is 0 Å². The van der Waals surface area contributed by atoms with Gasteiger partial charge in [0.25, 0.3) is 6.20 Å². The molecule has 1 atom stereocenters. The van der Waals surface area contributed by atoms with E-state index in [2.05, 4.69) is 20.9 Å². The molecule has 1 saturated carbocycles. The van der Waals surface area contributed by atoms with Crippen molar-refractivity contribution in [2.45, 2.75) is 62.5 Å². The third-order valence-corrected chi connectivity index (χ3v) is 7.67. The molecule has 43 heavy (non-hydrogen) atoms. The summed E-state index contributed by atoms with van der Waals surface area (Å²) in [5, 5.41) is 21.0. The lowest BCUT2D eigenvalue weighted by molar-refractivity contribution is -0.788. The molecule has 2 N–H and O–H groups in total. The van der Waals surface area contributed by atoms with Crippen LogP contribution in [0.25, 0.3) is 0 Å². The highest BCUT2D eigenvalue weighted by Gasteiger charge is 2.58. The van der Waals surface area contributed by atoms with Gasteiger partial charge in [-0.2, -0.15) is 26.3 Å². The number of aromatic nitrogens is 2. The van der Waals surface area contributed by atoms with Crippen molar-refractivity contribution in [3.05, 3.63) is 65.9 Å². The summed E-state index contributed by atoms with van der Waals surface area (Å²) in [7, 11) is 2.78. The molecule has 0 bridgehead atoms. The van der Waals surface area contributed by atoms with Crippen LogP contribution in [0.4, 0.5) is 48.4 Å². The molecule has 1 aromatic heterocycles. The van der Waals surface area contributed by atoms with E-state index in [1.54, 1.807) is 37.3 Å². The molecule has 9 nitrogen and oxygen atoms in total. The van der Waals surface area contributed by atoms with Crippen molar-refractivity contribution in [3.63, 3.8) is 0 Å². The standard InChI is InChI=1S/C28H30F6N6O3/c1-17(18-7-5-4-6-8-18)24(41)35-20-13-19(27(29,30)31)14-21(15-20)36-25(42)37-23-16-40(38-43-23)22-9-11-26(12-10-22,39(2)3)28(32,33)34/h4-8,13-17,22H,9-12H2,1-3H3,(H2-,35,36,37,38,41,42)/t17-,22?,26?/m0/s1. The summed E-state index contributed by atoms with van der Waals surface area (Å²) in [6, 6.07) is 9.70. The largest absolute Gasteiger partial charge is 0.861 e. The van der Waals surface area contributed by atoms with Crippen LogP contribution in [0.5, 0.6) is 0 Å². The number of hydrogen-bond donors (Lipinski definition) is 2. The zero-order valence-corrected chi connectivity index (χ0v) is 23.5. The second-order valence-electron chi connectivity index (χ2n) is 10.6. The van der Waals surface area contributed by atoms with Gasteiger partial charge in [0.2, 0.25) is 5.27 Å². The fourth-order valence-corrected chi connectivity index (χ4v) is 5.11. The molecule has 1 fully saturated rings. The Kier molecular flexibility index (Phi) is 9.04. The summed E-state index contributed by atoms with van der Waals surface area (Å²) < 4.78 is 88.4. The second kappa shape index (κ2) is 12.2. The molecule has 0 spiro atoms. The SMILES string of the molecule is C[C@H](C([O-])=Nc1cc(NC(=O)Nc2c[n+](C3CCC(N(C)C)(C(F)(F)F)CC3)no2)cc(C(F)(F)F)c1)c1ccccc1. The van der Waals surface area contributed by atoms with Crippen molar-refractivity contribution in [1.82, 2.24) is 10.2 Å². The van der Waals surface area contributed by atoms with E-state index >= 15 is 0 Å². The number of nitrogens with one attached hydrogen (secondary N) is 2. The van der Waals surface area contributed by atoms with Gasteiger partial charge in [0.1, 0.15) is 5.54 Å². The van der Waals surface area contributed by atoms with Crippen LogP contribution in [-0.4, -0.2) is 47.9 Å². The summed E-state index contributed by atoms with van der Waals surface area (Å²) in [5.41, 5.74) is -3.05. The van der Waals surface area contributed by atoms with Gasteiger partial charge in [-0.1, -0.05) is 37.3 Å². The summed E-state index contributed by atoms with van der Waals surface area (Å²) in [6.45, 7) is 1.58. The third kappa shape index (κ3) is 7.27. The first-order valence-electron chi connectivity index (χ1n) is 13.3. The normalized spacial score (nSPS) is 20.6. The molecular weight excluding hydrogens is 582 g/mol. The molecule has 2 aromatic carbocycles. The Morgan fingerprint density at radius 3 is 2.33 bits per heavy atom. The van der Waals surface area contributed by atoms with Gasteiger partial charge in [0, 0.05) is 24.4 Å². The zero-order valence-electron chi connectivity index (χ0n) is 23.5. The highest BCUT2D eigenvalue weighted by Crippen LogP contribution is 2.46. The number of anilines is 2. The number of urea groups is 1. The van der Waals surface area contributed by atoms with Crippen LogP contribution >= 0.6 is 0 Å². The van der Waals surface area contributed by atoms with E-state index in [1.807, 2.05) is 0 Å². The molecule has 2 amide bonds. The first-order chi connectivity index (χ1) is 20.1. The Balaban J connectivity index is 1.45. The molecule has 0 saturated heterocycles. The highest BCUT2D eigenvalue weighted by atomic mass is 19.4. The molecular formula is C28H30F6N6O3. The van der Waals surface area contributed by atoms with Gasteiger partial charge < -0.3 is 10.4 Å². The Hall–Kier alpha value is -4.14. The molecule has 0 radical (unpaired) electrons. The Bertz CT molecular complexity index is 1450. The number of alkyl halides is 6. The molecule has 0 unspecified atom stereocenters. The minimum Gasteiger partial charge on any atom is -0.861 e. The lowest BCUT2D eigenvalue weighted by Crippen LogP contribution is -2.59. The molecule has 1 aliphatic rings. The summed E-state index contributed by atoms with van der Waals surface area (Å²) >= 11 is 0. The van der Waals surface area contributed by atoms with Crippen LogP contribution < -0.4 is 20.4 Å². The molecule has 1 heterocycles. The van der Waals surface area contributed by atoms with Gasteiger partial charge in [-0.25, -0.2) is 4.79 Å². The monoisotopic (exact) mass is 612 g/mol. The minimum atomic E-state index is -4.79. The van der Waals surface area contributed by atoms with Gasteiger partial charge in [-0.05, 0) is 61.3 Å². The maximum Gasteiger partial charge on any atom is 0.416 e. The van der Waals surface area contributed by atoms with E-state index < -0.39 is 47.3 Å². The van der Waals surface area contributed by atoms with Gasteiger partial charge in [0.15, 0.2) is 6.04 Å².